The normalized spacial score (nSPS) is 14.1. The number of hydrogen-bond donors (Lipinski definition) is 1. The standard InChI is InChI=1S/C27H26N2O6/c1-3-33-25-18-19(17-21-26(30)28-29(27(21)31)20-9-5-4-6-10-20)13-14-24(25)35-16-15-34-23-12-8-7-11-22(23)32-2/h4-14,17-18H,3,15-16H2,1-2H3,(H,28,30)/b21-17+. The summed E-state index contributed by atoms with van der Waals surface area (Å²) in [6, 6.07) is 21.6. The van der Waals surface area contributed by atoms with Crippen molar-refractivity contribution in [3.8, 4) is 23.0 Å². The number of nitrogens with one attached hydrogen (secondary N) is 1. The zero-order valence-electron chi connectivity index (χ0n) is 19.5. The predicted octanol–water partition coefficient (Wildman–Crippen LogP) is 4.01. The van der Waals surface area contributed by atoms with Crippen LogP contribution in [0.3, 0.4) is 0 Å². The molecule has 180 valence electrons. The number of nitrogens with zero attached hydrogens (tertiary/aromatic N) is 1. The van der Waals surface area contributed by atoms with Crippen molar-refractivity contribution in [1.82, 2.24) is 5.43 Å². The molecule has 0 atom stereocenters. The van der Waals surface area contributed by atoms with E-state index >= 15 is 0 Å². The first kappa shape index (κ1) is 23.7. The molecule has 0 radical (unpaired) electrons. The second kappa shape index (κ2) is 11.1. The maximum atomic E-state index is 12.8. The van der Waals surface area contributed by atoms with Crippen LogP contribution in [0.15, 0.2) is 78.4 Å². The van der Waals surface area contributed by atoms with Crippen LogP contribution in [0, 0.1) is 0 Å². The minimum atomic E-state index is -0.467. The van der Waals surface area contributed by atoms with Crippen LogP contribution in [-0.4, -0.2) is 38.7 Å². The number of benzene rings is 3. The molecule has 1 heterocycles. The SMILES string of the molecule is CCOc1cc(/C=C2\C(=O)NN(c3ccccc3)C2=O)ccc1OCCOc1ccccc1OC. The third kappa shape index (κ3) is 5.55. The number of rotatable bonds is 10. The summed E-state index contributed by atoms with van der Waals surface area (Å²) >= 11 is 0. The van der Waals surface area contributed by atoms with Gasteiger partial charge in [-0.05, 0) is 55.0 Å². The second-order valence-electron chi connectivity index (χ2n) is 7.46. The van der Waals surface area contributed by atoms with Crippen molar-refractivity contribution in [1.29, 1.82) is 0 Å². The van der Waals surface area contributed by atoms with Gasteiger partial charge < -0.3 is 18.9 Å². The highest BCUT2D eigenvalue weighted by molar-refractivity contribution is 6.31. The number of amides is 2. The molecule has 0 aliphatic carbocycles. The van der Waals surface area contributed by atoms with Crippen LogP contribution in [-0.2, 0) is 9.59 Å². The first-order valence-electron chi connectivity index (χ1n) is 11.2. The van der Waals surface area contributed by atoms with Gasteiger partial charge in [0.1, 0.15) is 18.8 Å². The van der Waals surface area contributed by atoms with E-state index in [0.29, 0.717) is 47.5 Å². The first-order valence-corrected chi connectivity index (χ1v) is 11.2. The van der Waals surface area contributed by atoms with Gasteiger partial charge >= 0.3 is 0 Å². The van der Waals surface area contributed by atoms with E-state index in [1.54, 1.807) is 49.6 Å². The van der Waals surface area contributed by atoms with Crippen LogP contribution in [0.4, 0.5) is 5.69 Å². The highest BCUT2D eigenvalue weighted by atomic mass is 16.5. The van der Waals surface area contributed by atoms with Crippen molar-refractivity contribution in [2.24, 2.45) is 0 Å². The van der Waals surface area contributed by atoms with E-state index in [0.717, 1.165) is 0 Å². The Kier molecular flexibility index (Phi) is 7.52. The molecule has 2 amide bonds. The van der Waals surface area contributed by atoms with Crippen LogP contribution in [0.25, 0.3) is 6.08 Å². The van der Waals surface area contributed by atoms with E-state index in [4.69, 9.17) is 18.9 Å². The Labute approximate surface area is 203 Å². The lowest BCUT2D eigenvalue weighted by atomic mass is 10.1. The molecule has 8 nitrogen and oxygen atoms in total. The van der Waals surface area contributed by atoms with Crippen LogP contribution in [0.5, 0.6) is 23.0 Å². The quantitative estimate of drug-likeness (QED) is 0.271. The Bertz CT molecular complexity index is 1230. The fourth-order valence-electron chi connectivity index (χ4n) is 3.53. The number of ether oxygens (including phenoxy) is 4. The minimum Gasteiger partial charge on any atom is -0.493 e. The molecule has 1 N–H and O–H groups in total. The summed E-state index contributed by atoms with van der Waals surface area (Å²) in [4.78, 5) is 25.3. The maximum absolute atomic E-state index is 12.8. The summed E-state index contributed by atoms with van der Waals surface area (Å²) in [6.07, 6.45) is 1.54. The van der Waals surface area contributed by atoms with Gasteiger partial charge in [0.15, 0.2) is 23.0 Å². The third-order valence-corrected chi connectivity index (χ3v) is 5.15. The Balaban J connectivity index is 1.44. The zero-order valence-corrected chi connectivity index (χ0v) is 19.5. The van der Waals surface area contributed by atoms with Gasteiger partial charge in [-0.15, -0.1) is 0 Å². The molecular weight excluding hydrogens is 448 g/mol. The molecule has 4 rings (SSSR count). The summed E-state index contributed by atoms with van der Waals surface area (Å²) in [5, 5.41) is 1.23. The van der Waals surface area contributed by atoms with E-state index in [1.165, 1.54) is 11.1 Å². The van der Waals surface area contributed by atoms with Crippen LogP contribution in [0.2, 0.25) is 0 Å². The Morgan fingerprint density at radius 3 is 2.14 bits per heavy atom. The van der Waals surface area contributed by atoms with E-state index in [2.05, 4.69) is 5.43 Å². The summed E-state index contributed by atoms with van der Waals surface area (Å²) in [5.41, 5.74) is 3.86. The van der Waals surface area contributed by atoms with Gasteiger partial charge in [0.2, 0.25) is 0 Å². The van der Waals surface area contributed by atoms with Crippen molar-refractivity contribution in [2.75, 3.05) is 31.9 Å². The number of para-hydroxylation sites is 3. The van der Waals surface area contributed by atoms with Crippen LogP contribution in [0.1, 0.15) is 12.5 Å². The molecule has 0 unspecified atom stereocenters. The monoisotopic (exact) mass is 474 g/mol. The molecule has 0 spiro atoms. The van der Waals surface area contributed by atoms with Gasteiger partial charge in [0.25, 0.3) is 11.8 Å². The Morgan fingerprint density at radius 2 is 1.46 bits per heavy atom. The van der Waals surface area contributed by atoms with Crippen molar-refractivity contribution in [3.05, 3.63) is 83.9 Å². The molecular formula is C27H26N2O6. The van der Waals surface area contributed by atoms with Crippen LogP contribution >= 0.6 is 0 Å². The summed E-state index contributed by atoms with van der Waals surface area (Å²) in [7, 11) is 1.59. The minimum absolute atomic E-state index is 0.0372. The first-order chi connectivity index (χ1) is 17.1. The fourth-order valence-corrected chi connectivity index (χ4v) is 3.53. The molecule has 0 bridgehead atoms. The number of methoxy groups -OCH3 is 1. The Hall–Kier alpha value is -4.46. The highest BCUT2D eigenvalue weighted by Crippen LogP contribution is 2.31. The van der Waals surface area contributed by atoms with Crippen molar-refractivity contribution < 1.29 is 28.5 Å². The lowest BCUT2D eigenvalue weighted by Crippen LogP contribution is -2.35. The number of carbonyl (C=O) groups is 2. The molecule has 3 aromatic rings. The molecule has 1 saturated heterocycles. The van der Waals surface area contributed by atoms with Gasteiger partial charge in [0, 0.05) is 0 Å². The zero-order chi connectivity index (χ0) is 24.6. The molecule has 1 fully saturated rings. The van der Waals surface area contributed by atoms with Gasteiger partial charge in [-0.1, -0.05) is 36.4 Å². The molecule has 0 aromatic heterocycles. The maximum Gasteiger partial charge on any atom is 0.282 e. The molecule has 35 heavy (non-hydrogen) atoms. The molecule has 3 aromatic carbocycles. The summed E-state index contributed by atoms with van der Waals surface area (Å²) < 4.78 is 22.6. The second-order valence-corrected chi connectivity index (χ2v) is 7.46. The lowest BCUT2D eigenvalue weighted by Gasteiger charge is -2.14. The van der Waals surface area contributed by atoms with Crippen molar-refractivity contribution in [3.63, 3.8) is 0 Å². The predicted molar refractivity (Wildman–Crippen MR) is 132 cm³/mol. The van der Waals surface area contributed by atoms with Gasteiger partial charge in [-0.25, -0.2) is 5.01 Å². The average Bonchev–Trinajstić information content (AvgIpc) is 3.17. The molecule has 1 aliphatic heterocycles. The topological polar surface area (TPSA) is 86.3 Å². The van der Waals surface area contributed by atoms with E-state index in [-0.39, 0.29) is 12.2 Å². The van der Waals surface area contributed by atoms with Crippen molar-refractivity contribution >= 4 is 23.6 Å². The van der Waals surface area contributed by atoms with Gasteiger partial charge in [-0.3, -0.25) is 15.0 Å². The van der Waals surface area contributed by atoms with E-state index in [1.807, 2.05) is 37.3 Å². The van der Waals surface area contributed by atoms with E-state index < -0.39 is 11.8 Å². The number of hydrazine groups is 1. The molecule has 0 saturated carbocycles. The van der Waals surface area contributed by atoms with Crippen LogP contribution < -0.4 is 29.4 Å². The Morgan fingerprint density at radius 1 is 0.800 bits per heavy atom. The lowest BCUT2D eigenvalue weighted by molar-refractivity contribution is -0.117. The van der Waals surface area contributed by atoms with Gasteiger partial charge in [0.05, 0.1) is 19.4 Å². The van der Waals surface area contributed by atoms with Crippen molar-refractivity contribution in [2.45, 2.75) is 6.92 Å². The van der Waals surface area contributed by atoms with E-state index in [9.17, 15) is 9.59 Å². The summed E-state index contributed by atoms with van der Waals surface area (Å²) in [6.45, 7) is 2.88. The highest BCUT2D eigenvalue weighted by Gasteiger charge is 2.34. The summed E-state index contributed by atoms with van der Waals surface area (Å²) in [5.74, 6) is 1.43. The van der Waals surface area contributed by atoms with Gasteiger partial charge in [-0.2, -0.15) is 0 Å². The third-order valence-electron chi connectivity index (χ3n) is 5.15. The average molecular weight is 475 g/mol. The number of hydrogen-bond acceptors (Lipinski definition) is 6. The largest absolute Gasteiger partial charge is 0.493 e. The fraction of sp³-hybridized carbons (Fsp3) is 0.185. The number of anilines is 1. The molecule has 1 aliphatic rings. The smallest absolute Gasteiger partial charge is 0.282 e. The molecule has 8 heteroatoms. The number of carbonyl (C=O) groups excluding carboxylic acids is 2.